The zero-order chi connectivity index (χ0) is 17.4. The van der Waals surface area contributed by atoms with Crippen LogP contribution in [0.3, 0.4) is 0 Å². The monoisotopic (exact) mass is 355 g/mol. The molecule has 128 valence electrons. The Kier molecular flexibility index (Phi) is 4.12. The number of allylic oxidation sites excluding steroid dienone is 1. The molecule has 2 aromatic rings. The van der Waals surface area contributed by atoms with E-state index in [1.54, 1.807) is 6.20 Å². The maximum atomic E-state index is 10.0. The minimum atomic E-state index is -0.235. The first kappa shape index (κ1) is 16.0. The van der Waals surface area contributed by atoms with Crippen molar-refractivity contribution in [3.63, 3.8) is 0 Å². The summed E-state index contributed by atoms with van der Waals surface area (Å²) >= 11 is 6.47. The van der Waals surface area contributed by atoms with Crippen molar-refractivity contribution in [2.45, 2.75) is 5.92 Å². The number of nitriles is 1. The van der Waals surface area contributed by atoms with Crippen LogP contribution in [-0.4, -0.2) is 48.4 Å². The standard InChI is InChI=1S/C18H18ClN5O/c1-23-17-14(11-21-22-17)16(12-4-2-3-5-15(12)19)13(10-20)18(23)24-6-8-25-9-7-24/h2-5,11,16H,6-9H2,1H3,(H,21,22). The topological polar surface area (TPSA) is 68.2 Å². The molecule has 2 aliphatic heterocycles. The lowest BCUT2D eigenvalue weighted by molar-refractivity contribution is 0.0519. The van der Waals surface area contributed by atoms with E-state index in [9.17, 15) is 5.26 Å². The van der Waals surface area contributed by atoms with Crippen LogP contribution in [0, 0.1) is 11.3 Å². The molecule has 4 rings (SSSR count). The Morgan fingerprint density at radius 2 is 2.04 bits per heavy atom. The SMILES string of the molecule is CN1C(N2CCOCC2)=C(C#N)C(c2ccccc2Cl)c2cn[nH]c21. The fourth-order valence-electron chi connectivity index (χ4n) is 3.64. The van der Waals surface area contributed by atoms with Gasteiger partial charge in [-0.15, -0.1) is 0 Å². The van der Waals surface area contributed by atoms with Crippen molar-refractivity contribution in [3.8, 4) is 6.07 Å². The van der Waals surface area contributed by atoms with Gasteiger partial charge in [0.15, 0.2) is 0 Å². The third-order valence-corrected chi connectivity index (χ3v) is 5.13. The lowest BCUT2D eigenvalue weighted by Gasteiger charge is -2.40. The van der Waals surface area contributed by atoms with Gasteiger partial charge in [0.2, 0.25) is 0 Å². The van der Waals surface area contributed by atoms with Crippen LogP contribution in [-0.2, 0) is 4.74 Å². The van der Waals surface area contributed by atoms with Crippen molar-refractivity contribution in [1.29, 1.82) is 5.26 Å². The Bertz CT molecular complexity index is 862. The first-order valence-corrected chi connectivity index (χ1v) is 8.58. The molecule has 3 heterocycles. The number of H-pyrrole nitrogens is 1. The Morgan fingerprint density at radius 1 is 1.28 bits per heavy atom. The molecule has 1 N–H and O–H groups in total. The maximum Gasteiger partial charge on any atom is 0.133 e. The summed E-state index contributed by atoms with van der Waals surface area (Å²) in [6, 6.07) is 10.1. The molecule has 1 unspecified atom stereocenters. The fourth-order valence-corrected chi connectivity index (χ4v) is 3.89. The van der Waals surface area contributed by atoms with Gasteiger partial charge in [0, 0.05) is 30.7 Å². The zero-order valence-electron chi connectivity index (χ0n) is 13.9. The number of nitrogens with zero attached hydrogens (tertiary/aromatic N) is 4. The number of aromatic nitrogens is 2. The highest BCUT2D eigenvalue weighted by Crippen LogP contribution is 2.45. The summed E-state index contributed by atoms with van der Waals surface area (Å²) in [5.74, 6) is 1.55. The van der Waals surface area contributed by atoms with E-state index in [4.69, 9.17) is 16.3 Å². The first-order chi connectivity index (χ1) is 12.2. The molecule has 0 saturated carbocycles. The van der Waals surface area contributed by atoms with Gasteiger partial charge >= 0.3 is 0 Å². The average Bonchev–Trinajstić information content (AvgIpc) is 3.13. The van der Waals surface area contributed by atoms with Crippen molar-refractivity contribution in [3.05, 3.63) is 58.0 Å². The number of aromatic amines is 1. The summed E-state index contributed by atoms with van der Waals surface area (Å²) in [5, 5.41) is 18.0. The van der Waals surface area contributed by atoms with Gasteiger partial charge in [0.25, 0.3) is 0 Å². The van der Waals surface area contributed by atoms with E-state index in [1.165, 1.54) is 0 Å². The number of hydrogen-bond donors (Lipinski definition) is 1. The highest BCUT2D eigenvalue weighted by molar-refractivity contribution is 6.31. The normalized spacial score (nSPS) is 20.4. The molecule has 2 aliphatic rings. The van der Waals surface area contributed by atoms with Crippen LogP contribution in [0.25, 0.3) is 0 Å². The first-order valence-electron chi connectivity index (χ1n) is 8.20. The Balaban J connectivity index is 1.92. The molecule has 6 nitrogen and oxygen atoms in total. The molecular formula is C18H18ClN5O. The molecule has 0 amide bonds. The van der Waals surface area contributed by atoms with E-state index >= 15 is 0 Å². The largest absolute Gasteiger partial charge is 0.378 e. The molecule has 1 fully saturated rings. The van der Waals surface area contributed by atoms with Gasteiger partial charge in [-0.1, -0.05) is 29.8 Å². The Hall–Kier alpha value is -2.49. The minimum absolute atomic E-state index is 0.235. The highest BCUT2D eigenvalue weighted by atomic mass is 35.5. The molecule has 7 heteroatoms. The number of halogens is 1. The molecular weight excluding hydrogens is 338 g/mol. The third kappa shape index (κ3) is 2.56. The van der Waals surface area contributed by atoms with Gasteiger partial charge < -0.3 is 14.5 Å². The van der Waals surface area contributed by atoms with E-state index in [2.05, 4.69) is 21.2 Å². The Labute approximate surface area is 151 Å². The fraction of sp³-hybridized carbons (Fsp3) is 0.333. The summed E-state index contributed by atoms with van der Waals surface area (Å²) < 4.78 is 5.47. The van der Waals surface area contributed by atoms with Gasteiger partial charge in [0.05, 0.1) is 37.0 Å². The van der Waals surface area contributed by atoms with Crippen LogP contribution in [0.5, 0.6) is 0 Å². The highest BCUT2D eigenvalue weighted by Gasteiger charge is 2.37. The van der Waals surface area contributed by atoms with Crippen molar-refractivity contribution in [2.24, 2.45) is 0 Å². The van der Waals surface area contributed by atoms with Crippen molar-refractivity contribution in [1.82, 2.24) is 15.1 Å². The van der Waals surface area contributed by atoms with E-state index in [0.717, 1.165) is 35.9 Å². The number of hydrogen-bond acceptors (Lipinski definition) is 5. The van der Waals surface area contributed by atoms with Gasteiger partial charge in [0.1, 0.15) is 11.6 Å². The second-order valence-electron chi connectivity index (χ2n) is 6.14. The smallest absolute Gasteiger partial charge is 0.133 e. The number of ether oxygens (including phenoxy) is 1. The van der Waals surface area contributed by atoms with E-state index < -0.39 is 0 Å². The molecule has 1 saturated heterocycles. The lowest BCUT2D eigenvalue weighted by atomic mass is 9.83. The molecule has 0 aliphatic carbocycles. The lowest BCUT2D eigenvalue weighted by Crippen LogP contribution is -2.44. The van der Waals surface area contributed by atoms with Crippen molar-refractivity contribution in [2.75, 3.05) is 38.3 Å². The molecule has 0 radical (unpaired) electrons. The average molecular weight is 356 g/mol. The van der Waals surface area contributed by atoms with Gasteiger partial charge in [-0.3, -0.25) is 5.10 Å². The summed E-state index contributed by atoms with van der Waals surface area (Å²) in [5.41, 5.74) is 2.57. The van der Waals surface area contributed by atoms with Crippen molar-refractivity contribution >= 4 is 17.4 Å². The molecule has 1 atom stereocenters. The quantitative estimate of drug-likeness (QED) is 0.897. The van der Waals surface area contributed by atoms with E-state index in [-0.39, 0.29) is 5.92 Å². The predicted octanol–water partition coefficient (Wildman–Crippen LogP) is 2.71. The van der Waals surface area contributed by atoms with E-state index in [1.807, 2.05) is 36.2 Å². The number of anilines is 1. The number of benzene rings is 1. The second kappa shape index (κ2) is 6.43. The molecule has 1 aromatic heterocycles. The zero-order valence-corrected chi connectivity index (χ0v) is 14.6. The van der Waals surface area contributed by atoms with Gasteiger partial charge in [-0.25, -0.2) is 0 Å². The number of morpholine rings is 1. The Morgan fingerprint density at radius 3 is 2.76 bits per heavy atom. The van der Waals surface area contributed by atoms with Crippen LogP contribution in [0.15, 0.2) is 41.9 Å². The minimum Gasteiger partial charge on any atom is -0.378 e. The van der Waals surface area contributed by atoms with Crippen LogP contribution in [0.2, 0.25) is 5.02 Å². The third-order valence-electron chi connectivity index (χ3n) is 4.79. The summed E-state index contributed by atoms with van der Waals surface area (Å²) in [4.78, 5) is 4.22. The predicted molar refractivity (Wildman–Crippen MR) is 95.3 cm³/mol. The summed E-state index contributed by atoms with van der Waals surface area (Å²) in [6.07, 6.45) is 1.78. The van der Waals surface area contributed by atoms with Crippen LogP contribution in [0.4, 0.5) is 5.82 Å². The van der Waals surface area contributed by atoms with Crippen LogP contribution in [0.1, 0.15) is 17.0 Å². The molecule has 0 bridgehead atoms. The summed E-state index contributed by atoms with van der Waals surface area (Å²) in [7, 11) is 1.96. The van der Waals surface area contributed by atoms with Crippen molar-refractivity contribution < 1.29 is 4.74 Å². The number of rotatable bonds is 2. The van der Waals surface area contributed by atoms with Gasteiger partial charge in [-0.2, -0.15) is 10.4 Å². The number of fused-ring (bicyclic) bond motifs is 1. The molecule has 0 spiro atoms. The second-order valence-corrected chi connectivity index (χ2v) is 6.54. The summed E-state index contributed by atoms with van der Waals surface area (Å²) in [6.45, 7) is 2.82. The van der Waals surface area contributed by atoms with Crippen LogP contribution >= 0.6 is 11.6 Å². The van der Waals surface area contributed by atoms with Gasteiger partial charge in [-0.05, 0) is 11.6 Å². The maximum absolute atomic E-state index is 10.0. The molecule has 25 heavy (non-hydrogen) atoms. The number of nitrogens with one attached hydrogen (secondary N) is 1. The molecule has 1 aromatic carbocycles. The van der Waals surface area contributed by atoms with Crippen LogP contribution < -0.4 is 4.90 Å². The van der Waals surface area contributed by atoms with E-state index in [0.29, 0.717) is 23.8 Å².